The third-order valence-electron chi connectivity index (χ3n) is 22.5. The summed E-state index contributed by atoms with van der Waals surface area (Å²) in [5, 5.41) is 23.3. The molecule has 2 aromatic carbocycles. The van der Waals surface area contributed by atoms with Crippen molar-refractivity contribution in [2.45, 2.75) is 260 Å². The number of piperidine rings is 5. The lowest BCUT2D eigenvalue weighted by atomic mass is 9.69. The van der Waals surface area contributed by atoms with Gasteiger partial charge in [-0.2, -0.15) is 0 Å². The first-order valence-corrected chi connectivity index (χ1v) is 34.2. The molecule has 0 bridgehead atoms. The van der Waals surface area contributed by atoms with E-state index in [1.807, 2.05) is 0 Å². The minimum Gasteiger partial charge on any atom is -0.368 e. The van der Waals surface area contributed by atoms with E-state index in [1.54, 1.807) is 0 Å². The summed E-state index contributed by atoms with van der Waals surface area (Å²) in [5.74, 6) is 7.31. The second kappa shape index (κ2) is 27.5. The number of hydrogen-bond acceptors (Lipinski definition) is 12. The van der Waals surface area contributed by atoms with E-state index in [0.29, 0.717) is 54.7 Å². The highest BCUT2D eigenvalue weighted by atomic mass is 15.4. The molecule has 13 rings (SSSR count). The van der Waals surface area contributed by atoms with Crippen molar-refractivity contribution in [2.75, 3.05) is 37.6 Å². The summed E-state index contributed by atoms with van der Waals surface area (Å²) in [6.07, 6.45) is 52.2. The van der Waals surface area contributed by atoms with Crippen molar-refractivity contribution in [2.24, 2.45) is 23.7 Å². The lowest BCUT2D eigenvalue weighted by molar-refractivity contribution is -0.00888. The van der Waals surface area contributed by atoms with Crippen molar-refractivity contribution < 1.29 is 0 Å². The molecule has 4 saturated carbocycles. The molecule has 6 aliphatic heterocycles. The Labute approximate surface area is 488 Å². The van der Waals surface area contributed by atoms with E-state index in [-0.39, 0.29) is 6.17 Å². The van der Waals surface area contributed by atoms with Crippen molar-refractivity contribution in [3.05, 3.63) is 84.6 Å². The van der Waals surface area contributed by atoms with Crippen molar-refractivity contribution in [3.8, 4) is 22.5 Å². The van der Waals surface area contributed by atoms with Gasteiger partial charge < -0.3 is 31.5 Å². The van der Waals surface area contributed by atoms with E-state index in [9.17, 15) is 0 Å². The fourth-order valence-electron chi connectivity index (χ4n) is 18.0. The van der Waals surface area contributed by atoms with Gasteiger partial charge in [-0.1, -0.05) is 42.5 Å². The molecular weight excluding hydrogens is 997 g/mol. The number of hydrogen-bond donors (Lipinski definition) is 6. The van der Waals surface area contributed by atoms with Gasteiger partial charge in [-0.25, -0.2) is 15.0 Å². The van der Waals surface area contributed by atoms with Crippen LogP contribution in [-0.2, 0) is 0 Å². The number of rotatable bonds is 15. The Morgan fingerprint density at radius 2 is 0.716 bits per heavy atom. The molecule has 0 spiro atoms. The van der Waals surface area contributed by atoms with E-state index in [1.165, 1.54) is 236 Å². The minimum absolute atomic E-state index is 0.124. The Morgan fingerprint density at radius 1 is 0.346 bits per heavy atom. The van der Waals surface area contributed by atoms with Crippen LogP contribution in [0.4, 0.5) is 5.69 Å². The number of benzene rings is 2. The summed E-state index contributed by atoms with van der Waals surface area (Å²) in [6.45, 7) is 5.81. The van der Waals surface area contributed by atoms with Gasteiger partial charge in [0.2, 0.25) is 0 Å². The predicted molar refractivity (Wildman–Crippen MR) is 331 cm³/mol. The SMILES string of the molecule is C1=CNC(N(c2ccc(-c3ccc(-c4nc(C5CCC(C6CCC(N(C7CCCCN7)C7CCCCN7)CC6)CC5)nc(C5CCC(C6CCC(N(C7CCCCN7)C7CCCCN7)CC6)CC5)n4)cc3)cc2)C2CCCCN2)C=C1. The van der Waals surface area contributed by atoms with Crippen molar-refractivity contribution in [1.29, 1.82) is 0 Å². The van der Waals surface area contributed by atoms with Crippen LogP contribution in [-0.4, -0.2) is 107 Å². The standard InChI is InChI=1S/C69H104N12/c1-7-43-70-61(13-1)79(62-14-2-8-44-71-62)58-37-31-52(32-38-58)49-19-25-55(26-20-49)67-76-68(56-27-21-50(22-28-56)53-33-39-59(40-34-53)80(63-15-3-9-45-72-63)64-16-4-10-46-73-64)78-69(77-67)57-29-23-51(24-30-57)54-35-41-60(42-36-54)81(65-17-5-11-47-74-65)66-18-6-12-48-75-66/h1,7,13,19-20,25-26,31-32,37-38,43,50-51,53-54,56-57,59-66,70-75H,2-6,8-12,14-18,21-24,27-30,33-36,39-42,44-48H2. The molecule has 81 heavy (non-hydrogen) atoms. The van der Waals surface area contributed by atoms with Gasteiger partial charge in [0, 0.05) is 35.2 Å². The molecule has 1 aromatic heterocycles. The molecule has 6 atom stereocenters. The summed E-state index contributed by atoms with van der Waals surface area (Å²) >= 11 is 0. The van der Waals surface area contributed by atoms with Crippen LogP contribution < -0.4 is 36.8 Å². The molecule has 6 unspecified atom stereocenters. The zero-order chi connectivity index (χ0) is 54.2. The van der Waals surface area contributed by atoms with Gasteiger partial charge in [0.05, 0.1) is 30.8 Å². The number of aromatic nitrogens is 3. The van der Waals surface area contributed by atoms with E-state index in [0.717, 1.165) is 59.7 Å². The smallest absolute Gasteiger partial charge is 0.163 e. The first-order chi connectivity index (χ1) is 40.1. The maximum absolute atomic E-state index is 5.59. The van der Waals surface area contributed by atoms with E-state index >= 15 is 0 Å². The van der Waals surface area contributed by atoms with Gasteiger partial charge in [0.1, 0.15) is 17.8 Å². The van der Waals surface area contributed by atoms with Crippen LogP contribution >= 0.6 is 0 Å². The van der Waals surface area contributed by atoms with Gasteiger partial charge in [-0.05, 0) is 297 Å². The van der Waals surface area contributed by atoms with Gasteiger partial charge in [-0.3, -0.25) is 15.1 Å². The molecule has 7 heterocycles. The highest BCUT2D eigenvalue weighted by Crippen LogP contribution is 2.47. The molecule has 10 aliphatic rings. The molecule has 9 fully saturated rings. The van der Waals surface area contributed by atoms with Crippen molar-refractivity contribution in [1.82, 2.24) is 56.7 Å². The van der Waals surface area contributed by atoms with Crippen LogP contribution in [0.3, 0.4) is 0 Å². The highest BCUT2D eigenvalue weighted by molar-refractivity contribution is 5.70. The third-order valence-corrected chi connectivity index (χ3v) is 22.5. The fourth-order valence-corrected chi connectivity index (χ4v) is 18.0. The van der Waals surface area contributed by atoms with Gasteiger partial charge in [-0.15, -0.1) is 0 Å². The van der Waals surface area contributed by atoms with Crippen LogP contribution in [0.25, 0.3) is 22.5 Å². The van der Waals surface area contributed by atoms with Crippen molar-refractivity contribution in [3.63, 3.8) is 0 Å². The molecule has 0 amide bonds. The van der Waals surface area contributed by atoms with Crippen molar-refractivity contribution >= 4 is 5.69 Å². The third kappa shape index (κ3) is 13.5. The van der Waals surface area contributed by atoms with Crippen LogP contribution in [0.15, 0.2) is 73.0 Å². The summed E-state index contributed by atoms with van der Waals surface area (Å²) in [7, 11) is 0. The molecular formula is C69H104N12. The summed E-state index contributed by atoms with van der Waals surface area (Å²) < 4.78 is 0. The Morgan fingerprint density at radius 3 is 1.09 bits per heavy atom. The Hall–Kier alpha value is -3.75. The topological polar surface area (TPSA) is 121 Å². The molecule has 3 aromatic rings. The lowest BCUT2D eigenvalue weighted by Gasteiger charge is -2.49. The second-order valence-corrected chi connectivity index (χ2v) is 27.3. The number of allylic oxidation sites excluding steroid dienone is 2. The Bertz CT molecular complexity index is 2300. The van der Waals surface area contributed by atoms with Crippen LogP contribution in [0.5, 0.6) is 0 Å². The van der Waals surface area contributed by atoms with Crippen LogP contribution in [0, 0.1) is 23.7 Å². The normalized spacial score (nSPS) is 35.3. The second-order valence-electron chi connectivity index (χ2n) is 27.3. The minimum atomic E-state index is 0.124. The maximum atomic E-state index is 5.59. The molecule has 4 aliphatic carbocycles. The van der Waals surface area contributed by atoms with Gasteiger partial charge in [0.15, 0.2) is 5.82 Å². The summed E-state index contributed by atoms with van der Waals surface area (Å²) in [5.41, 5.74) is 4.83. The molecule has 12 heteroatoms. The number of anilines is 1. The quantitative estimate of drug-likeness (QED) is 0.0869. The van der Waals surface area contributed by atoms with Crippen LogP contribution in [0.1, 0.15) is 223 Å². The zero-order valence-electron chi connectivity index (χ0n) is 49.7. The first-order valence-electron chi connectivity index (χ1n) is 34.2. The summed E-state index contributed by atoms with van der Waals surface area (Å²) in [6, 6.07) is 19.9. The molecule has 12 nitrogen and oxygen atoms in total. The average molecular weight is 1100 g/mol. The first kappa shape index (κ1) is 56.4. The van der Waals surface area contributed by atoms with E-state index < -0.39 is 0 Å². The molecule has 440 valence electrons. The average Bonchev–Trinajstić information content (AvgIpc) is 3.58. The number of nitrogens with zero attached hydrogens (tertiary/aromatic N) is 6. The molecule has 5 saturated heterocycles. The molecule has 0 radical (unpaired) electrons. The van der Waals surface area contributed by atoms with E-state index in [4.69, 9.17) is 15.0 Å². The van der Waals surface area contributed by atoms with Crippen LogP contribution in [0.2, 0.25) is 0 Å². The summed E-state index contributed by atoms with van der Waals surface area (Å²) in [4.78, 5) is 25.0. The molecule has 6 N–H and O–H groups in total. The highest BCUT2D eigenvalue weighted by Gasteiger charge is 2.41. The Balaban J connectivity index is 0.686. The fraction of sp³-hybridized carbons (Fsp3) is 0.725. The van der Waals surface area contributed by atoms with Gasteiger partial charge >= 0.3 is 0 Å². The predicted octanol–water partition coefficient (Wildman–Crippen LogP) is 12.8. The van der Waals surface area contributed by atoms with Gasteiger partial charge in [0.25, 0.3) is 0 Å². The number of nitrogens with one attached hydrogen (secondary N) is 6. The lowest BCUT2D eigenvalue weighted by Crippen LogP contribution is -2.62. The number of dihydropyridines is 1. The zero-order valence-corrected chi connectivity index (χ0v) is 49.7. The largest absolute Gasteiger partial charge is 0.368 e. The maximum Gasteiger partial charge on any atom is 0.163 e. The van der Waals surface area contributed by atoms with E-state index in [2.05, 4.69) is 120 Å². The monoisotopic (exact) mass is 1100 g/mol. The Kier molecular flexibility index (Phi) is 19.2.